The van der Waals surface area contributed by atoms with Crippen molar-refractivity contribution in [3.05, 3.63) is 87.7 Å². The number of carbonyl (C=O) groups excluding carboxylic acids is 1. The topological polar surface area (TPSA) is 99.4 Å². The highest BCUT2D eigenvalue weighted by molar-refractivity contribution is 7.90. The van der Waals surface area contributed by atoms with Gasteiger partial charge in [-0.1, -0.05) is 19.1 Å². The van der Waals surface area contributed by atoms with Gasteiger partial charge in [0.2, 0.25) is 0 Å². The summed E-state index contributed by atoms with van der Waals surface area (Å²) in [5, 5.41) is 3.10. The van der Waals surface area contributed by atoms with Gasteiger partial charge in [-0.25, -0.2) is 12.8 Å². The van der Waals surface area contributed by atoms with E-state index in [4.69, 9.17) is 4.74 Å². The molecule has 2 aromatic heterocycles. The summed E-state index contributed by atoms with van der Waals surface area (Å²) in [6, 6.07) is 13.8. The third-order valence-corrected chi connectivity index (χ3v) is 7.35. The van der Waals surface area contributed by atoms with E-state index in [0.717, 1.165) is 6.26 Å². The zero-order chi connectivity index (χ0) is 27.8. The molecule has 1 N–H and O–H groups in total. The summed E-state index contributed by atoms with van der Waals surface area (Å²) < 4.78 is 46.2. The lowest BCUT2D eigenvalue weighted by Gasteiger charge is -2.14. The molecule has 0 spiro atoms. The molecule has 0 unspecified atom stereocenters. The first kappa shape index (κ1) is 27.1. The van der Waals surface area contributed by atoms with Crippen molar-refractivity contribution < 1.29 is 22.3 Å². The maximum absolute atomic E-state index is 13.9. The van der Waals surface area contributed by atoms with Gasteiger partial charge in [-0.15, -0.1) is 0 Å². The summed E-state index contributed by atoms with van der Waals surface area (Å²) in [5.74, 6) is -0.683. The lowest BCUT2D eigenvalue weighted by molar-refractivity contribution is 0.0937. The van der Waals surface area contributed by atoms with Crippen LogP contribution in [0.1, 0.15) is 42.5 Å². The van der Waals surface area contributed by atoms with E-state index in [9.17, 15) is 22.4 Å². The highest BCUT2D eigenvalue weighted by Crippen LogP contribution is 2.32. The molecule has 0 atom stereocenters. The van der Waals surface area contributed by atoms with E-state index in [2.05, 4.69) is 5.32 Å². The molecule has 0 fully saturated rings. The predicted octanol–water partition coefficient (Wildman–Crippen LogP) is 4.15. The molecular weight excluding hydrogens is 509 g/mol. The molecule has 0 saturated heterocycles. The number of carbonyl (C=O) groups is 1. The number of benzene rings is 2. The maximum atomic E-state index is 13.9. The molecule has 8 nitrogen and oxygen atoms in total. The molecule has 38 heavy (non-hydrogen) atoms. The van der Waals surface area contributed by atoms with Crippen molar-refractivity contribution in [3.8, 4) is 11.4 Å². The second kappa shape index (κ2) is 10.4. The number of fused-ring (bicyclic) bond motifs is 1. The average molecular weight is 540 g/mol. The number of aromatic nitrogens is 2. The lowest BCUT2D eigenvalue weighted by atomic mass is 10.2. The lowest BCUT2D eigenvalue weighted by Crippen LogP contribution is -2.26. The van der Waals surface area contributed by atoms with Crippen LogP contribution >= 0.6 is 0 Å². The van der Waals surface area contributed by atoms with Crippen LogP contribution in [0.3, 0.4) is 0 Å². The minimum atomic E-state index is -3.32. The zero-order valence-corrected chi connectivity index (χ0v) is 22.7. The molecule has 1 amide bonds. The van der Waals surface area contributed by atoms with E-state index in [1.54, 1.807) is 23.7 Å². The summed E-state index contributed by atoms with van der Waals surface area (Å²) in [5.41, 5.74) is 2.29. The Bertz CT molecular complexity index is 1670. The Hall–Kier alpha value is -3.92. The molecule has 2 heterocycles. The number of rotatable bonds is 8. The van der Waals surface area contributed by atoms with Gasteiger partial charge < -0.3 is 14.6 Å². The molecule has 0 radical (unpaired) electrons. The van der Waals surface area contributed by atoms with Crippen LogP contribution in [-0.4, -0.2) is 35.8 Å². The number of pyridine rings is 1. The first-order valence-corrected chi connectivity index (χ1v) is 14.1. The third-order valence-electron chi connectivity index (χ3n) is 6.22. The van der Waals surface area contributed by atoms with Crippen molar-refractivity contribution in [2.75, 3.05) is 6.26 Å². The molecule has 0 aliphatic heterocycles. The first-order valence-electron chi connectivity index (χ1n) is 12.2. The van der Waals surface area contributed by atoms with E-state index in [1.165, 1.54) is 41.0 Å². The fraction of sp³-hybridized carbons (Fsp3) is 0.286. The van der Waals surface area contributed by atoms with Crippen LogP contribution < -0.4 is 15.6 Å². The Morgan fingerprint density at radius 1 is 1.08 bits per heavy atom. The number of nitrogens with one attached hydrogen (secondary N) is 1. The number of halogens is 1. The molecule has 0 bridgehead atoms. The highest BCUT2D eigenvalue weighted by Gasteiger charge is 2.27. The van der Waals surface area contributed by atoms with E-state index in [0.29, 0.717) is 28.9 Å². The summed E-state index contributed by atoms with van der Waals surface area (Å²) in [6.45, 7) is 5.68. The molecule has 10 heteroatoms. The standard InChI is InChI=1S/C28H30FN3O5S/c1-6-20-15-23-24(28(34)32(20)21-11-9-19(29)10-12-21)26(37-17(2)3)25(31(23)4)27(33)30-16-18-7-13-22(14-8-18)38(5,35)36/h7-15,17H,6,16H2,1-5H3,(H,30,33). The van der Waals surface area contributed by atoms with Crippen molar-refractivity contribution in [1.29, 1.82) is 0 Å². The Morgan fingerprint density at radius 2 is 1.71 bits per heavy atom. The van der Waals surface area contributed by atoms with E-state index < -0.39 is 21.6 Å². The van der Waals surface area contributed by atoms with Crippen LogP contribution in [0.2, 0.25) is 0 Å². The Morgan fingerprint density at radius 3 is 2.26 bits per heavy atom. The summed E-state index contributed by atoms with van der Waals surface area (Å²) in [4.78, 5) is 27.5. The van der Waals surface area contributed by atoms with Crippen LogP contribution in [0.4, 0.5) is 4.39 Å². The number of sulfone groups is 1. The van der Waals surface area contributed by atoms with Gasteiger partial charge in [0.1, 0.15) is 11.2 Å². The number of amides is 1. The van der Waals surface area contributed by atoms with Crippen molar-refractivity contribution in [3.63, 3.8) is 0 Å². The molecule has 2 aromatic carbocycles. The van der Waals surface area contributed by atoms with Gasteiger partial charge in [0.05, 0.1) is 16.5 Å². The quantitative estimate of drug-likeness (QED) is 0.363. The van der Waals surface area contributed by atoms with Crippen LogP contribution in [0, 0.1) is 5.82 Å². The van der Waals surface area contributed by atoms with Gasteiger partial charge in [0, 0.05) is 31.2 Å². The Labute approximate surface area is 220 Å². The normalized spacial score (nSPS) is 11.8. The van der Waals surface area contributed by atoms with Crippen molar-refractivity contribution in [2.45, 2.75) is 44.7 Å². The summed E-state index contributed by atoms with van der Waals surface area (Å²) in [6.07, 6.45) is 1.34. The highest BCUT2D eigenvalue weighted by atomic mass is 32.2. The van der Waals surface area contributed by atoms with Crippen molar-refractivity contribution in [2.24, 2.45) is 7.05 Å². The van der Waals surface area contributed by atoms with Crippen LogP contribution in [0.25, 0.3) is 16.6 Å². The first-order chi connectivity index (χ1) is 17.9. The van der Waals surface area contributed by atoms with E-state index in [1.807, 2.05) is 26.8 Å². The molecule has 0 aliphatic carbocycles. The number of aryl methyl sites for hydroxylation is 2. The molecule has 4 rings (SSSR count). The van der Waals surface area contributed by atoms with Gasteiger partial charge >= 0.3 is 0 Å². The number of ether oxygens (including phenoxy) is 1. The fourth-order valence-electron chi connectivity index (χ4n) is 4.38. The van der Waals surface area contributed by atoms with Crippen molar-refractivity contribution >= 4 is 26.6 Å². The van der Waals surface area contributed by atoms with Crippen LogP contribution in [0.5, 0.6) is 5.75 Å². The summed E-state index contributed by atoms with van der Waals surface area (Å²) >= 11 is 0. The smallest absolute Gasteiger partial charge is 0.272 e. The second-order valence-electron chi connectivity index (χ2n) is 9.37. The number of nitrogens with zero attached hydrogens (tertiary/aromatic N) is 2. The summed E-state index contributed by atoms with van der Waals surface area (Å²) in [7, 11) is -1.62. The molecule has 4 aromatic rings. The SMILES string of the molecule is CCc1cc2c(c(OC(C)C)c(C(=O)NCc3ccc(S(C)(=O)=O)cc3)n2C)c(=O)n1-c1ccc(F)cc1. The zero-order valence-electron chi connectivity index (χ0n) is 21.9. The van der Waals surface area contributed by atoms with Gasteiger partial charge in [-0.2, -0.15) is 0 Å². The van der Waals surface area contributed by atoms with Crippen LogP contribution in [-0.2, 0) is 29.9 Å². The second-order valence-corrected chi connectivity index (χ2v) is 11.4. The van der Waals surface area contributed by atoms with Gasteiger partial charge in [-0.3, -0.25) is 14.2 Å². The minimum absolute atomic E-state index is 0.144. The minimum Gasteiger partial charge on any atom is -0.488 e. The Kier molecular flexibility index (Phi) is 7.46. The third kappa shape index (κ3) is 5.22. The van der Waals surface area contributed by atoms with E-state index in [-0.39, 0.29) is 39.9 Å². The molecule has 0 aliphatic rings. The largest absolute Gasteiger partial charge is 0.488 e. The number of hydrogen-bond donors (Lipinski definition) is 1. The molecule has 200 valence electrons. The van der Waals surface area contributed by atoms with Crippen LogP contribution in [0.15, 0.2) is 64.3 Å². The van der Waals surface area contributed by atoms with Crippen molar-refractivity contribution in [1.82, 2.24) is 14.5 Å². The molecule has 0 saturated carbocycles. The average Bonchev–Trinajstić information content (AvgIpc) is 3.13. The monoisotopic (exact) mass is 539 g/mol. The van der Waals surface area contributed by atoms with Gasteiger partial charge in [0.25, 0.3) is 11.5 Å². The van der Waals surface area contributed by atoms with Gasteiger partial charge in [-0.05, 0) is 68.3 Å². The maximum Gasteiger partial charge on any atom is 0.272 e. The molecular formula is C28H30FN3O5S. The predicted molar refractivity (Wildman–Crippen MR) is 144 cm³/mol. The number of hydrogen-bond acceptors (Lipinski definition) is 5. The van der Waals surface area contributed by atoms with E-state index >= 15 is 0 Å². The Balaban J connectivity index is 1.81. The van der Waals surface area contributed by atoms with Gasteiger partial charge in [0.15, 0.2) is 21.3 Å². The fourth-order valence-corrected chi connectivity index (χ4v) is 5.01.